The molecule has 0 aliphatic rings. The smallest absolute Gasteiger partial charge is 0.000000135 e. The normalized spacial score (nSPS) is 9.84. The van der Waals surface area contributed by atoms with E-state index in [1.165, 1.54) is 7.06 Å². The quantitative estimate of drug-likeness (QED) is 0.0533. The van der Waals surface area contributed by atoms with Gasteiger partial charge in [-0.2, -0.15) is 0 Å². The summed E-state index contributed by atoms with van der Waals surface area (Å²) in [6, 6.07) is 0. The van der Waals surface area contributed by atoms with E-state index in [0.29, 0.717) is 351 Å². The average Bonchev–Trinajstić information content (AvgIpc) is 0.704. The van der Waals surface area contributed by atoms with Crippen LogP contribution in [0.5, 0.6) is 0 Å². The summed E-state index contributed by atoms with van der Waals surface area (Å²) >= 11 is 0. The Morgan fingerprint density at radius 1 is 0.0796 bits per heavy atom. The zero-order valence-corrected chi connectivity index (χ0v) is 89.5. The average molecular weight is 1340 g/mol. The zero-order chi connectivity index (χ0) is 89.5. The van der Waals surface area contributed by atoms with Crippen LogP contribution in [0.4, 0.5) is 0 Å². The van der Waals surface area contributed by atoms with Crippen molar-refractivity contribution in [3.8, 4) is 0 Å². The molecule has 0 bridgehead atoms. The largest absolute Gasteiger partial charge is 0.0593 e. The first kappa shape index (κ1) is 120. The standard InChI is InChI=1S/B113H115/c1-58-87(59(2)3)101(86(56)57)108(100(84(52)53)85(54)55)112(109(102(88(60(4)5)61(6)7)89(62(8)9)63(10)11)103(90(64(12)13)65(14)15)91(66(16)17)67(18)19)113(110(104(92(68(20)21)69(22)23)93(70(24)25)71(26)27)105(94(72(28)29)73(30)31)95(74(32)33)75(34)35)111(106(96(76(36)37)77(38)39)97(78(40)41)79(42)43)107(98(80(44)45)81(46)47)99(82(48)49)83(50)51/h58H,1-57H2. The Balaban J connectivity index is 15.9. The van der Waals surface area contributed by atoms with Crippen LogP contribution in [0.3, 0.4) is 0 Å². The summed E-state index contributed by atoms with van der Waals surface area (Å²) in [5, 5.41) is 0. The van der Waals surface area contributed by atoms with E-state index in [1.54, 1.807) is 0 Å². The topological polar surface area (TPSA) is 0 Å². The highest BCUT2D eigenvalue weighted by atomic mass is 13.5. The van der Waals surface area contributed by atoms with Crippen LogP contribution in [0.15, 0.2) is 0 Å². The second-order valence-electron chi connectivity index (χ2n) is 50.9. The Hall–Kier alpha value is 7.34. The van der Waals surface area contributed by atoms with Crippen LogP contribution in [-0.2, 0) is 0 Å². The van der Waals surface area contributed by atoms with Crippen LogP contribution in [0.1, 0.15) is 0 Å². The van der Waals surface area contributed by atoms with Gasteiger partial charge in [-0.3, -0.25) is 0 Å². The molecule has 0 aliphatic carbocycles. The Labute approximate surface area is 790 Å². The van der Waals surface area contributed by atoms with Gasteiger partial charge in [0, 0.05) is 358 Å². The van der Waals surface area contributed by atoms with Crippen molar-refractivity contribution in [3.05, 3.63) is 0 Å². The first-order valence-electron chi connectivity index (χ1n) is 51.4. The minimum absolute atomic E-state index is 0.366. The Morgan fingerprint density at radius 3 is 0.195 bits per heavy atom. The van der Waals surface area contributed by atoms with E-state index in [0.717, 1.165) is 0 Å². The van der Waals surface area contributed by atoms with Gasteiger partial charge in [0.15, 0.2) is 0 Å². The highest BCUT2D eigenvalue weighted by Gasteiger charge is 2.71. The summed E-state index contributed by atoms with van der Waals surface area (Å²) in [6.45, 7) is 0. The molecule has 113 heavy (non-hydrogen) atoms. The third-order valence-electron chi connectivity index (χ3n) is 33.7. The van der Waals surface area contributed by atoms with Gasteiger partial charge >= 0.3 is 0 Å². The van der Waals surface area contributed by atoms with E-state index in [4.69, 9.17) is 0 Å². The van der Waals surface area contributed by atoms with E-state index in [1.807, 2.05) is 0 Å². The van der Waals surface area contributed by atoms with Crippen molar-refractivity contribution >= 4 is 799 Å². The van der Waals surface area contributed by atoms with Gasteiger partial charge in [-0.1, -0.05) is 0 Å². The van der Waals surface area contributed by atoms with Crippen molar-refractivity contribution in [2.45, 2.75) is 0 Å². The van der Waals surface area contributed by atoms with Crippen molar-refractivity contribution in [1.82, 2.24) is 0 Å². The maximum atomic E-state index is 2.87. The molecule has 0 unspecified atom stereocenters. The molecule has 0 saturated carbocycles. The molecule has 0 saturated heterocycles. The maximum absolute atomic E-state index is 2.87. The van der Waals surface area contributed by atoms with E-state index in [2.05, 4.69) is 441 Å². The minimum Gasteiger partial charge on any atom is 0.000000135 e. The van der Waals surface area contributed by atoms with E-state index in [-0.39, 0.29) is 0 Å². The summed E-state index contributed by atoms with van der Waals surface area (Å²) < 4.78 is 0. The molecule has 0 fully saturated rings. The predicted octanol–water partition coefficient (Wildman–Crippen LogP) is -73.8. The molecule has 454 valence electrons. The molecule has 0 spiro atoms. The van der Waals surface area contributed by atoms with Gasteiger partial charge in [0.05, 0.1) is 441 Å². The fraction of sp³-hybridized carbons (Fsp3) is 0. The molecule has 0 aromatic heterocycles. The van der Waals surface area contributed by atoms with Crippen LogP contribution < -0.4 is 0 Å². The van der Waals surface area contributed by atoms with Gasteiger partial charge in [-0.05, 0) is 0 Å². The van der Waals surface area contributed by atoms with Crippen molar-refractivity contribution < 1.29 is 0 Å². The molecule has 0 nitrogen and oxygen atoms in total. The van der Waals surface area contributed by atoms with Gasteiger partial charge in [0.2, 0.25) is 0 Å². The third-order valence-corrected chi connectivity index (χ3v) is 33.7. The van der Waals surface area contributed by atoms with E-state index < -0.39 is 0 Å². The summed E-state index contributed by atoms with van der Waals surface area (Å²) in [5.41, 5.74) is 0. The van der Waals surface area contributed by atoms with Gasteiger partial charge in [-0.25, -0.2) is 0 Å². The summed E-state index contributed by atoms with van der Waals surface area (Å²) in [7, 11) is 162. The lowest BCUT2D eigenvalue weighted by Crippen LogP contribution is -3.02. The molecular formula is H115B113. The number of hydrogen-bond acceptors (Lipinski definition) is 0. The Kier molecular flexibility index (Phi) is 59.2. The number of hydrogen-bond donors (Lipinski definition) is 0. The lowest BCUT2D eigenvalue weighted by Gasteiger charge is -2.63. The SMILES string of the molecule is BBB(B(B)B)B(B(B)B)B(B(B(B)B)B(B)B)B(B(B(B(B(B)B)B(B)B)B(B(B)B)B(B)B)B(B(B(B)B)B(B)B)B(B(B)B)B(B)B)B(B(B(B(B(B)B)B(B)B)B(B(B)B)B(B)B)B(B(B(B)B)B(B)B)B(B(B)B)B(B)B)B(B(B(B(B)B)B(B)B)B(B(B)B)B(B)B)B(B(B(B)B)B(B)B)B(B(B)B)B(B)B. The van der Waals surface area contributed by atoms with E-state index >= 15 is 0 Å². The first-order chi connectivity index (χ1) is 51.4. The zero-order valence-electron chi connectivity index (χ0n) is 89.5. The van der Waals surface area contributed by atoms with Gasteiger partial charge in [0.25, 0.3) is 0 Å². The van der Waals surface area contributed by atoms with Crippen LogP contribution in [0, 0.1) is 0 Å². The first-order valence-corrected chi connectivity index (χ1v) is 51.4. The summed E-state index contributed by atoms with van der Waals surface area (Å²) in [6.07, 6.45) is 27.2. The molecule has 0 aliphatic heterocycles. The van der Waals surface area contributed by atoms with Crippen LogP contribution in [-0.4, -0.2) is 799 Å². The molecule has 0 rings (SSSR count). The molecule has 0 aromatic carbocycles. The van der Waals surface area contributed by atoms with Crippen LogP contribution in [0.2, 0.25) is 0 Å². The highest BCUT2D eigenvalue weighted by molar-refractivity contribution is 8.45. The van der Waals surface area contributed by atoms with E-state index in [9.17, 15) is 0 Å². The van der Waals surface area contributed by atoms with Crippen molar-refractivity contribution in [3.63, 3.8) is 0 Å². The molecule has 0 radical (unpaired) electrons. The Morgan fingerprint density at radius 2 is 0.142 bits per heavy atom. The number of rotatable bonds is 55. The molecular weight excluding hydrogens is 1220 g/mol. The lowest BCUT2D eigenvalue weighted by atomic mass is 8.17. The molecule has 0 amide bonds. The Bertz CT molecular complexity index is 1940. The summed E-state index contributed by atoms with van der Waals surface area (Å²) in [4.78, 5) is 0. The fourth-order valence-corrected chi connectivity index (χ4v) is 33.2. The lowest BCUT2D eigenvalue weighted by molar-refractivity contribution is 3.12. The van der Waals surface area contributed by atoms with Crippen molar-refractivity contribution in [1.29, 1.82) is 0 Å². The van der Waals surface area contributed by atoms with Gasteiger partial charge < -0.3 is 0 Å². The maximum Gasteiger partial charge on any atom is 0.0593 e. The van der Waals surface area contributed by atoms with Crippen LogP contribution in [0.25, 0.3) is 0 Å². The monoisotopic (exact) mass is 1360 g/mol. The molecule has 0 atom stereocenters. The second kappa shape index (κ2) is 55.6. The minimum atomic E-state index is 0.366. The molecule has 0 heterocycles. The fourth-order valence-electron chi connectivity index (χ4n) is 33.2. The third kappa shape index (κ3) is 32.4. The second-order valence-corrected chi connectivity index (χ2v) is 50.9. The van der Waals surface area contributed by atoms with Gasteiger partial charge in [-0.15, -0.1) is 0 Å². The molecule has 0 aromatic rings. The van der Waals surface area contributed by atoms with Crippen molar-refractivity contribution in [2.24, 2.45) is 0 Å². The molecule has 113 heteroatoms. The molecule has 0 N–H and O–H groups in total. The van der Waals surface area contributed by atoms with Crippen molar-refractivity contribution in [2.75, 3.05) is 0 Å². The highest BCUT2D eigenvalue weighted by Crippen LogP contribution is 2.32. The predicted molar refractivity (Wildman–Crippen MR) is 811 cm³/mol. The summed E-state index contributed by atoms with van der Waals surface area (Å²) in [5.74, 6) is 0. The van der Waals surface area contributed by atoms with Crippen LogP contribution >= 0.6 is 0 Å². The van der Waals surface area contributed by atoms with Gasteiger partial charge in [0.1, 0.15) is 0 Å².